The van der Waals surface area contributed by atoms with E-state index in [1.165, 1.54) is 26.4 Å². The van der Waals surface area contributed by atoms with Gasteiger partial charge >= 0.3 is 6.18 Å². The average Bonchev–Trinajstić information content (AvgIpc) is 3.28. The molecule has 0 unspecified atom stereocenters. The largest absolute Gasteiger partial charge is 0.497 e. The molecule has 3 rings (SSSR count). The number of nitrogens with zero attached hydrogens (tertiary/aromatic N) is 2. The summed E-state index contributed by atoms with van der Waals surface area (Å²) in [7, 11) is 4.38. The van der Waals surface area contributed by atoms with Gasteiger partial charge in [-0.3, -0.25) is 15.2 Å². The molecule has 0 aliphatic rings. The fourth-order valence-electron chi connectivity index (χ4n) is 3.02. The minimum absolute atomic E-state index is 0.0322. The number of ether oxygens (including phenoxy) is 4. The van der Waals surface area contributed by atoms with E-state index in [9.17, 15) is 18.0 Å². The van der Waals surface area contributed by atoms with Gasteiger partial charge in [0.2, 0.25) is 11.9 Å². The molecular weight excluding hydrogens is 457 g/mol. The Bertz CT molecular complexity index is 1130. The Hall–Kier alpha value is -3.96. The molecule has 0 saturated heterocycles. The van der Waals surface area contributed by atoms with Gasteiger partial charge < -0.3 is 18.9 Å². The molecule has 1 aromatic heterocycles. The van der Waals surface area contributed by atoms with Crippen LogP contribution in [-0.4, -0.2) is 55.2 Å². The van der Waals surface area contributed by atoms with Gasteiger partial charge in [-0.05, 0) is 36.2 Å². The number of methoxy groups -OCH3 is 3. The van der Waals surface area contributed by atoms with Crippen LogP contribution < -0.4 is 24.3 Å². The molecule has 2 aromatic carbocycles. The Labute approximate surface area is 193 Å². The van der Waals surface area contributed by atoms with Crippen molar-refractivity contribution < 1.29 is 36.9 Å². The van der Waals surface area contributed by atoms with E-state index >= 15 is 0 Å². The lowest BCUT2D eigenvalue weighted by molar-refractivity contribution is -0.153. The summed E-state index contributed by atoms with van der Waals surface area (Å²) < 4.78 is 57.5. The van der Waals surface area contributed by atoms with Gasteiger partial charge in [0.25, 0.3) is 0 Å². The zero-order valence-corrected chi connectivity index (χ0v) is 18.7. The van der Waals surface area contributed by atoms with Crippen molar-refractivity contribution in [3.63, 3.8) is 0 Å². The zero-order chi connectivity index (χ0) is 24.7. The number of halogens is 3. The van der Waals surface area contributed by atoms with Crippen molar-refractivity contribution in [3.05, 3.63) is 42.0 Å². The van der Waals surface area contributed by atoms with Crippen LogP contribution >= 0.6 is 0 Å². The van der Waals surface area contributed by atoms with E-state index in [4.69, 9.17) is 18.9 Å². The number of H-pyrrole nitrogens is 1. The molecule has 2 N–H and O–H groups in total. The lowest BCUT2D eigenvalue weighted by Crippen LogP contribution is -2.19. The molecule has 182 valence electrons. The summed E-state index contributed by atoms with van der Waals surface area (Å²) >= 11 is 0. The summed E-state index contributed by atoms with van der Waals surface area (Å²) in [6, 6.07) is 9.67. The summed E-state index contributed by atoms with van der Waals surface area (Å²) in [5.41, 5.74) is 1.32. The fourth-order valence-corrected chi connectivity index (χ4v) is 3.02. The monoisotopic (exact) mass is 480 g/mol. The number of amides is 1. The minimum atomic E-state index is -4.46. The highest BCUT2D eigenvalue weighted by molar-refractivity contribution is 5.89. The van der Waals surface area contributed by atoms with Crippen molar-refractivity contribution in [1.82, 2.24) is 15.2 Å². The Kier molecular flexibility index (Phi) is 7.82. The van der Waals surface area contributed by atoms with Crippen molar-refractivity contribution >= 4 is 11.9 Å². The van der Waals surface area contributed by atoms with Crippen molar-refractivity contribution in [1.29, 1.82) is 0 Å². The molecule has 12 heteroatoms. The van der Waals surface area contributed by atoms with E-state index < -0.39 is 12.8 Å². The normalized spacial score (nSPS) is 11.1. The predicted octanol–water partition coefficient (Wildman–Crippen LogP) is 4.01. The van der Waals surface area contributed by atoms with Crippen LogP contribution in [0.4, 0.5) is 19.1 Å². The first-order chi connectivity index (χ1) is 16.2. The molecule has 9 nitrogen and oxygen atoms in total. The van der Waals surface area contributed by atoms with Gasteiger partial charge in [0.1, 0.15) is 11.5 Å². The Morgan fingerprint density at radius 1 is 1.00 bits per heavy atom. The fraction of sp³-hybridized carbons (Fsp3) is 0.318. The Morgan fingerprint density at radius 3 is 2.44 bits per heavy atom. The van der Waals surface area contributed by atoms with Gasteiger partial charge in [-0.25, -0.2) is 0 Å². The van der Waals surface area contributed by atoms with E-state index in [0.29, 0.717) is 34.9 Å². The molecule has 1 heterocycles. The molecule has 0 atom stereocenters. The minimum Gasteiger partial charge on any atom is -0.497 e. The Balaban J connectivity index is 1.59. The molecule has 0 saturated carbocycles. The van der Waals surface area contributed by atoms with E-state index in [1.54, 1.807) is 31.4 Å². The zero-order valence-electron chi connectivity index (χ0n) is 18.7. The number of carbonyl (C=O) groups excluding carboxylic acids is 1. The standard InChI is InChI=1S/C22H23F3N4O5/c1-31-14-6-7-15(17(11-14)32-2)20-27-21(29-28-20)26-19(30)9-5-13-4-8-16(18(10-13)33-3)34-12-22(23,24)25/h4,6-8,10-11H,5,9,12H2,1-3H3,(H2,26,27,28,29,30). The topological polar surface area (TPSA) is 108 Å². The molecule has 0 bridgehead atoms. The van der Waals surface area contributed by atoms with Gasteiger partial charge in [-0.2, -0.15) is 18.2 Å². The first kappa shape index (κ1) is 24.7. The third-order valence-corrected chi connectivity index (χ3v) is 4.66. The summed E-state index contributed by atoms with van der Waals surface area (Å²) in [6.07, 6.45) is -4.06. The quantitative estimate of drug-likeness (QED) is 0.452. The number of aromatic nitrogens is 3. The lowest BCUT2D eigenvalue weighted by atomic mass is 10.1. The van der Waals surface area contributed by atoms with Crippen LogP contribution in [0.2, 0.25) is 0 Å². The molecule has 0 radical (unpaired) electrons. The van der Waals surface area contributed by atoms with E-state index in [0.717, 1.165) is 0 Å². The molecule has 1 amide bonds. The number of hydrogen-bond donors (Lipinski definition) is 2. The van der Waals surface area contributed by atoms with Gasteiger partial charge in [0.05, 0.1) is 26.9 Å². The highest BCUT2D eigenvalue weighted by Gasteiger charge is 2.29. The average molecular weight is 480 g/mol. The van der Waals surface area contributed by atoms with Crippen LogP contribution in [-0.2, 0) is 11.2 Å². The summed E-state index contributed by atoms with van der Waals surface area (Å²) in [4.78, 5) is 16.6. The van der Waals surface area contributed by atoms with Crippen LogP contribution in [0.25, 0.3) is 11.4 Å². The lowest BCUT2D eigenvalue weighted by Gasteiger charge is -2.13. The molecule has 0 fully saturated rings. The molecule has 3 aromatic rings. The SMILES string of the molecule is COc1ccc(-c2nc(NC(=O)CCc3ccc(OCC(F)(F)F)c(OC)c3)n[nH]2)c(OC)c1. The maximum atomic E-state index is 12.4. The number of hydrogen-bond acceptors (Lipinski definition) is 7. The third-order valence-electron chi connectivity index (χ3n) is 4.66. The number of nitrogens with one attached hydrogen (secondary N) is 2. The van der Waals surface area contributed by atoms with Crippen molar-refractivity contribution in [2.45, 2.75) is 19.0 Å². The highest BCUT2D eigenvalue weighted by atomic mass is 19.4. The smallest absolute Gasteiger partial charge is 0.422 e. The molecule has 0 aliphatic heterocycles. The molecular formula is C22H23F3N4O5. The van der Waals surface area contributed by atoms with E-state index in [-0.39, 0.29) is 29.8 Å². The first-order valence-corrected chi connectivity index (χ1v) is 10.0. The number of aryl methyl sites for hydroxylation is 1. The highest BCUT2D eigenvalue weighted by Crippen LogP contribution is 2.32. The van der Waals surface area contributed by atoms with Crippen LogP contribution in [0.3, 0.4) is 0 Å². The second kappa shape index (κ2) is 10.8. The van der Waals surface area contributed by atoms with Crippen molar-refractivity contribution in [2.24, 2.45) is 0 Å². The third kappa shape index (κ3) is 6.53. The maximum Gasteiger partial charge on any atom is 0.422 e. The summed E-state index contributed by atoms with van der Waals surface area (Å²) in [6.45, 7) is -1.42. The van der Waals surface area contributed by atoms with Crippen LogP contribution in [0.15, 0.2) is 36.4 Å². The Morgan fingerprint density at radius 2 is 1.76 bits per heavy atom. The number of benzene rings is 2. The first-order valence-electron chi connectivity index (χ1n) is 10.0. The van der Waals surface area contributed by atoms with Crippen molar-refractivity contribution in [2.75, 3.05) is 33.3 Å². The van der Waals surface area contributed by atoms with Gasteiger partial charge in [-0.1, -0.05) is 6.07 Å². The number of rotatable bonds is 10. The summed E-state index contributed by atoms with van der Waals surface area (Å²) in [5, 5.41) is 9.35. The van der Waals surface area contributed by atoms with E-state index in [1.807, 2.05) is 0 Å². The van der Waals surface area contributed by atoms with Crippen LogP contribution in [0.1, 0.15) is 12.0 Å². The number of carbonyl (C=O) groups is 1. The second-order valence-electron chi connectivity index (χ2n) is 7.01. The number of alkyl halides is 3. The molecule has 0 spiro atoms. The van der Waals surface area contributed by atoms with Crippen molar-refractivity contribution in [3.8, 4) is 34.4 Å². The van der Waals surface area contributed by atoms with Crippen LogP contribution in [0, 0.1) is 0 Å². The molecule has 0 aliphatic carbocycles. The van der Waals surface area contributed by atoms with E-state index in [2.05, 4.69) is 20.5 Å². The maximum absolute atomic E-state index is 12.4. The number of aromatic amines is 1. The molecule has 34 heavy (non-hydrogen) atoms. The van der Waals surface area contributed by atoms with Gasteiger partial charge in [0, 0.05) is 12.5 Å². The van der Waals surface area contributed by atoms with Gasteiger partial charge in [-0.15, -0.1) is 5.10 Å². The number of anilines is 1. The van der Waals surface area contributed by atoms with Crippen LogP contribution in [0.5, 0.6) is 23.0 Å². The second-order valence-corrected chi connectivity index (χ2v) is 7.01. The predicted molar refractivity (Wildman–Crippen MR) is 116 cm³/mol. The summed E-state index contributed by atoms with van der Waals surface area (Å²) in [5.74, 6) is 1.39. The van der Waals surface area contributed by atoms with Gasteiger partial charge in [0.15, 0.2) is 23.9 Å².